The van der Waals surface area contributed by atoms with Gasteiger partial charge in [-0.1, -0.05) is 18.2 Å². The molecule has 1 unspecified atom stereocenters. The molecule has 0 spiro atoms. The Morgan fingerprint density at radius 3 is 2.29 bits per heavy atom. The number of aromatic nitrogens is 1. The van der Waals surface area contributed by atoms with Gasteiger partial charge in [0.15, 0.2) is 0 Å². The molecule has 0 saturated carbocycles. The summed E-state index contributed by atoms with van der Waals surface area (Å²) >= 11 is 0. The average Bonchev–Trinajstić information content (AvgIpc) is 2.48. The summed E-state index contributed by atoms with van der Waals surface area (Å²) in [6, 6.07) is 12.6. The lowest BCUT2D eigenvalue weighted by atomic mass is 10.1. The molecule has 1 aromatic heterocycles. The van der Waals surface area contributed by atoms with Crippen LogP contribution in [0, 0.1) is 0 Å². The molecular formula is C15H19N3O2S. The Kier molecular flexibility index (Phi) is 4.59. The first-order valence-electron chi connectivity index (χ1n) is 6.61. The molecule has 2 rings (SSSR count). The van der Waals surface area contributed by atoms with Crippen molar-refractivity contribution in [3.63, 3.8) is 0 Å². The monoisotopic (exact) mass is 305 g/mol. The summed E-state index contributed by atoms with van der Waals surface area (Å²) in [6.07, 6.45) is 1.72. The smallest absolute Gasteiger partial charge is 0.242 e. The van der Waals surface area contributed by atoms with Crippen LogP contribution >= 0.6 is 0 Å². The predicted molar refractivity (Wildman–Crippen MR) is 83.6 cm³/mol. The Labute approximate surface area is 125 Å². The first-order valence-corrected chi connectivity index (χ1v) is 8.05. The Bertz CT molecular complexity index is 683. The zero-order valence-electron chi connectivity index (χ0n) is 12.3. The number of pyridine rings is 1. The number of nitrogens with one attached hydrogen (secondary N) is 1. The van der Waals surface area contributed by atoms with Crippen molar-refractivity contribution < 1.29 is 8.42 Å². The maximum Gasteiger partial charge on any atom is 0.242 e. The summed E-state index contributed by atoms with van der Waals surface area (Å²) in [7, 11) is -0.333. The number of nitrogens with zero attached hydrogens (tertiary/aromatic N) is 2. The van der Waals surface area contributed by atoms with Crippen molar-refractivity contribution in [1.29, 1.82) is 0 Å². The Morgan fingerprint density at radius 2 is 1.76 bits per heavy atom. The number of sulfonamides is 1. The lowest BCUT2D eigenvalue weighted by molar-refractivity contribution is 0.520. The van der Waals surface area contributed by atoms with E-state index in [1.807, 2.05) is 37.3 Å². The number of anilines is 1. The van der Waals surface area contributed by atoms with Gasteiger partial charge in [0, 0.05) is 26.3 Å². The molecule has 1 aromatic carbocycles. The Morgan fingerprint density at radius 1 is 1.10 bits per heavy atom. The van der Waals surface area contributed by atoms with Gasteiger partial charge < -0.3 is 5.32 Å². The summed E-state index contributed by atoms with van der Waals surface area (Å²) in [5, 5.41) is 3.27. The van der Waals surface area contributed by atoms with E-state index in [0.717, 1.165) is 11.4 Å². The first-order chi connectivity index (χ1) is 9.91. The first kappa shape index (κ1) is 15.5. The van der Waals surface area contributed by atoms with E-state index < -0.39 is 10.0 Å². The quantitative estimate of drug-likeness (QED) is 0.922. The van der Waals surface area contributed by atoms with Gasteiger partial charge in [-0.3, -0.25) is 0 Å². The van der Waals surface area contributed by atoms with Gasteiger partial charge in [0.1, 0.15) is 5.82 Å². The van der Waals surface area contributed by atoms with Gasteiger partial charge in [-0.25, -0.2) is 17.7 Å². The highest BCUT2D eigenvalue weighted by Crippen LogP contribution is 2.20. The fourth-order valence-corrected chi connectivity index (χ4v) is 2.79. The van der Waals surface area contributed by atoms with Crippen LogP contribution < -0.4 is 5.32 Å². The van der Waals surface area contributed by atoms with E-state index in [1.165, 1.54) is 18.4 Å². The minimum Gasteiger partial charge on any atom is -0.364 e. The van der Waals surface area contributed by atoms with Crippen molar-refractivity contribution >= 4 is 15.8 Å². The van der Waals surface area contributed by atoms with Crippen LogP contribution in [0.25, 0.3) is 0 Å². The molecule has 0 radical (unpaired) electrons. The number of rotatable bonds is 5. The van der Waals surface area contributed by atoms with Gasteiger partial charge in [0.05, 0.1) is 4.90 Å². The summed E-state index contributed by atoms with van der Waals surface area (Å²) in [5.74, 6) is 0.787. The fraction of sp³-hybridized carbons (Fsp3) is 0.267. The second-order valence-electron chi connectivity index (χ2n) is 4.94. The lowest BCUT2D eigenvalue weighted by Gasteiger charge is -2.16. The van der Waals surface area contributed by atoms with Crippen LogP contribution in [0.5, 0.6) is 0 Å². The average molecular weight is 305 g/mol. The zero-order valence-corrected chi connectivity index (χ0v) is 13.1. The second-order valence-corrected chi connectivity index (χ2v) is 7.09. The summed E-state index contributed by atoms with van der Waals surface area (Å²) in [6.45, 7) is 2.00. The van der Waals surface area contributed by atoms with Crippen LogP contribution in [-0.2, 0) is 10.0 Å². The van der Waals surface area contributed by atoms with E-state index in [1.54, 1.807) is 18.3 Å². The third-order valence-corrected chi connectivity index (χ3v) is 5.02. The van der Waals surface area contributed by atoms with Crippen molar-refractivity contribution in [3.8, 4) is 0 Å². The highest BCUT2D eigenvalue weighted by atomic mass is 32.2. The molecule has 5 nitrogen and oxygen atoms in total. The SMILES string of the molecule is CC(Nc1ccccn1)c1ccc(S(=O)(=O)N(C)C)cc1. The molecule has 0 aliphatic heterocycles. The highest BCUT2D eigenvalue weighted by molar-refractivity contribution is 7.89. The number of hydrogen-bond donors (Lipinski definition) is 1. The topological polar surface area (TPSA) is 62.3 Å². The normalized spacial score (nSPS) is 13.1. The van der Waals surface area contributed by atoms with E-state index in [0.29, 0.717) is 4.90 Å². The fourth-order valence-electron chi connectivity index (χ4n) is 1.89. The van der Waals surface area contributed by atoms with Gasteiger partial charge in [-0.15, -0.1) is 0 Å². The number of benzene rings is 1. The molecule has 0 amide bonds. The molecular weight excluding hydrogens is 286 g/mol. The molecule has 1 heterocycles. The van der Waals surface area contributed by atoms with E-state index in [9.17, 15) is 8.42 Å². The molecule has 0 bridgehead atoms. The molecule has 112 valence electrons. The van der Waals surface area contributed by atoms with Crippen molar-refractivity contribution in [2.45, 2.75) is 17.9 Å². The molecule has 0 saturated heterocycles. The summed E-state index contributed by atoms with van der Waals surface area (Å²) < 4.78 is 25.2. The van der Waals surface area contributed by atoms with Gasteiger partial charge in [0.25, 0.3) is 0 Å². The Balaban J connectivity index is 2.16. The van der Waals surface area contributed by atoms with Gasteiger partial charge in [0.2, 0.25) is 10.0 Å². The highest BCUT2D eigenvalue weighted by Gasteiger charge is 2.17. The second kappa shape index (κ2) is 6.24. The molecule has 21 heavy (non-hydrogen) atoms. The molecule has 0 aliphatic rings. The largest absolute Gasteiger partial charge is 0.364 e. The van der Waals surface area contributed by atoms with Crippen LogP contribution in [0.15, 0.2) is 53.6 Å². The van der Waals surface area contributed by atoms with Crippen LogP contribution in [0.2, 0.25) is 0 Å². The standard InChI is InChI=1S/C15H19N3O2S/c1-12(17-15-6-4-5-11-16-15)13-7-9-14(10-8-13)21(19,20)18(2)3/h4-12H,1-3H3,(H,16,17). The van der Waals surface area contributed by atoms with Gasteiger partial charge in [-0.2, -0.15) is 0 Å². The van der Waals surface area contributed by atoms with Crippen LogP contribution in [0.3, 0.4) is 0 Å². The van der Waals surface area contributed by atoms with E-state index in [4.69, 9.17) is 0 Å². The summed E-state index contributed by atoms with van der Waals surface area (Å²) in [4.78, 5) is 4.50. The van der Waals surface area contributed by atoms with Crippen LogP contribution in [0.1, 0.15) is 18.5 Å². The van der Waals surface area contributed by atoms with Crippen molar-refractivity contribution in [1.82, 2.24) is 9.29 Å². The Hall–Kier alpha value is -1.92. The number of hydrogen-bond acceptors (Lipinski definition) is 4. The molecule has 2 aromatic rings. The van der Waals surface area contributed by atoms with E-state index in [2.05, 4.69) is 10.3 Å². The van der Waals surface area contributed by atoms with Crippen molar-refractivity contribution in [2.24, 2.45) is 0 Å². The van der Waals surface area contributed by atoms with Gasteiger partial charge in [-0.05, 0) is 36.8 Å². The molecule has 6 heteroatoms. The maximum atomic E-state index is 12.0. The van der Waals surface area contributed by atoms with Crippen molar-refractivity contribution in [3.05, 3.63) is 54.2 Å². The van der Waals surface area contributed by atoms with Crippen LogP contribution in [0.4, 0.5) is 5.82 Å². The minimum atomic E-state index is -3.38. The van der Waals surface area contributed by atoms with Crippen molar-refractivity contribution in [2.75, 3.05) is 19.4 Å². The molecule has 0 aliphatic carbocycles. The third-order valence-electron chi connectivity index (χ3n) is 3.19. The van der Waals surface area contributed by atoms with E-state index >= 15 is 0 Å². The van der Waals surface area contributed by atoms with E-state index in [-0.39, 0.29) is 6.04 Å². The van der Waals surface area contributed by atoms with Crippen LogP contribution in [-0.4, -0.2) is 31.8 Å². The van der Waals surface area contributed by atoms with Gasteiger partial charge >= 0.3 is 0 Å². The minimum absolute atomic E-state index is 0.0380. The summed E-state index contributed by atoms with van der Waals surface area (Å²) in [5.41, 5.74) is 0.998. The molecule has 0 fully saturated rings. The lowest BCUT2D eigenvalue weighted by Crippen LogP contribution is -2.22. The predicted octanol–water partition coefficient (Wildman–Crippen LogP) is 2.51. The zero-order chi connectivity index (χ0) is 15.5. The third kappa shape index (κ3) is 3.59. The maximum absolute atomic E-state index is 12.0. The molecule has 1 atom stereocenters. The molecule has 1 N–H and O–H groups in total.